The first-order chi connectivity index (χ1) is 13.7. The van der Waals surface area contributed by atoms with Gasteiger partial charge in [0.25, 0.3) is 0 Å². The summed E-state index contributed by atoms with van der Waals surface area (Å²) >= 11 is 0. The van der Waals surface area contributed by atoms with E-state index < -0.39 is 17.0 Å². The molecule has 0 bridgehead atoms. The average molecular weight is 401 g/mol. The van der Waals surface area contributed by atoms with Crippen LogP contribution in [0.5, 0.6) is 0 Å². The predicted octanol–water partition coefficient (Wildman–Crippen LogP) is 5.29. The van der Waals surface area contributed by atoms with E-state index in [9.17, 15) is 19.5 Å². The maximum atomic E-state index is 12.5. The lowest BCUT2D eigenvalue weighted by Gasteiger charge is -2.27. The molecule has 5 nitrogen and oxygen atoms in total. The Balaban J connectivity index is 2.01. The molecule has 1 aromatic carbocycles. The molecule has 0 aromatic heterocycles. The second-order valence-electron chi connectivity index (χ2n) is 8.73. The summed E-state index contributed by atoms with van der Waals surface area (Å²) in [6.07, 6.45) is 5.39. The van der Waals surface area contributed by atoms with Gasteiger partial charge in [-0.15, -0.1) is 0 Å². The standard InChI is InChI=1S/C24H32O5/c1-5-6-7-8-11-16(2)23(28)29-15-24(3,4)14-19-20(25)17-12-9-10-13-18(17)21(26)22(19)27/h9-10,12-13,16,25H,5-8,11,14-15H2,1-4H3. The zero-order chi connectivity index (χ0) is 21.6. The maximum Gasteiger partial charge on any atom is 0.308 e. The van der Waals surface area contributed by atoms with Gasteiger partial charge in [0.15, 0.2) is 0 Å². The molecule has 29 heavy (non-hydrogen) atoms. The van der Waals surface area contributed by atoms with E-state index in [4.69, 9.17) is 4.74 Å². The van der Waals surface area contributed by atoms with Crippen molar-refractivity contribution in [3.63, 3.8) is 0 Å². The lowest BCUT2D eigenvalue weighted by molar-refractivity contribution is -0.151. The van der Waals surface area contributed by atoms with E-state index in [2.05, 4.69) is 6.92 Å². The monoisotopic (exact) mass is 400 g/mol. The summed E-state index contributed by atoms with van der Waals surface area (Å²) in [6.45, 7) is 7.84. The fourth-order valence-electron chi connectivity index (χ4n) is 3.51. The minimum absolute atomic E-state index is 0.0855. The fraction of sp³-hybridized carbons (Fsp3) is 0.542. The Labute approximate surface area is 173 Å². The van der Waals surface area contributed by atoms with Crippen molar-refractivity contribution in [3.8, 4) is 0 Å². The molecule has 0 fully saturated rings. The summed E-state index contributed by atoms with van der Waals surface area (Å²) in [7, 11) is 0. The van der Waals surface area contributed by atoms with Crippen molar-refractivity contribution >= 4 is 23.3 Å². The number of fused-ring (bicyclic) bond motifs is 1. The number of ether oxygens (including phenoxy) is 1. The third-order valence-electron chi connectivity index (χ3n) is 5.35. The van der Waals surface area contributed by atoms with Gasteiger partial charge >= 0.3 is 5.97 Å². The van der Waals surface area contributed by atoms with Crippen LogP contribution in [0.3, 0.4) is 0 Å². The summed E-state index contributed by atoms with van der Waals surface area (Å²) in [4.78, 5) is 37.2. The van der Waals surface area contributed by atoms with Crippen LogP contribution in [0.15, 0.2) is 29.8 Å². The Morgan fingerprint density at radius 3 is 2.38 bits per heavy atom. The Kier molecular flexibility index (Phi) is 7.77. The third kappa shape index (κ3) is 5.78. The molecule has 1 unspecified atom stereocenters. The Hall–Kier alpha value is -2.43. The molecule has 1 aliphatic rings. The number of hydrogen-bond acceptors (Lipinski definition) is 5. The van der Waals surface area contributed by atoms with Gasteiger partial charge in [0.2, 0.25) is 11.6 Å². The number of benzene rings is 1. The average Bonchev–Trinajstić information content (AvgIpc) is 2.71. The van der Waals surface area contributed by atoms with E-state index in [1.165, 1.54) is 12.5 Å². The number of aliphatic hydroxyl groups is 1. The van der Waals surface area contributed by atoms with Crippen molar-refractivity contribution in [1.82, 2.24) is 0 Å². The molecule has 0 radical (unpaired) electrons. The number of rotatable bonds is 10. The van der Waals surface area contributed by atoms with Gasteiger partial charge in [-0.25, -0.2) is 0 Å². The van der Waals surface area contributed by atoms with Crippen molar-refractivity contribution in [1.29, 1.82) is 0 Å². The first-order valence-corrected chi connectivity index (χ1v) is 10.4. The molecule has 0 heterocycles. The summed E-state index contributed by atoms with van der Waals surface area (Å²) in [5, 5.41) is 10.6. The van der Waals surface area contributed by atoms with Crippen molar-refractivity contribution in [2.24, 2.45) is 11.3 Å². The molecule has 0 aliphatic heterocycles. The number of allylic oxidation sites excluding steroid dienone is 1. The molecule has 2 rings (SSSR count). The van der Waals surface area contributed by atoms with Crippen LogP contribution in [0.25, 0.3) is 5.76 Å². The number of hydrogen-bond donors (Lipinski definition) is 1. The summed E-state index contributed by atoms with van der Waals surface area (Å²) in [6, 6.07) is 6.54. The van der Waals surface area contributed by atoms with Gasteiger partial charge in [-0.2, -0.15) is 0 Å². The number of esters is 1. The second-order valence-corrected chi connectivity index (χ2v) is 8.73. The molecule has 0 saturated carbocycles. The molecule has 1 aliphatic carbocycles. The SMILES string of the molecule is CCCCCCC(C)C(=O)OCC(C)(C)CC1=C(O)c2ccccc2C(=O)C1=O. The lowest BCUT2D eigenvalue weighted by Crippen LogP contribution is -2.30. The largest absolute Gasteiger partial charge is 0.507 e. The highest BCUT2D eigenvalue weighted by Crippen LogP contribution is 2.35. The highest BCUT2D eigenvalue weighted by molar-refractivity contribution is 6.52. The minimum Gasteiger partial charge on any atom is -0.507 e. The fourth-order valence-corrected chi connectivity index (χ4v) is 3.51. The number of unbranched alkanes of at least 4 members (excludes halogenated alkanes) is 3. The van der Waals surface area contributed by atoms with Crippen LogP contribution in [0.4, 0.5) is 0 Å². The summed E-state index contributed by atoms with van der Waals surface area (Å²) in [5.74, 6) is -1.87. The molecule has 0 amide bonds. The molecular formula is C24H32O5. The molecule has 1 N–H and O–H groups in total. The van der Waals surface area contributed by atoms with E-state index >= 15 is 0 Å². The van der Waals surface area contributed by atoms with Gasteiger partial charge in [0.1, 0.15) is 5.76 Å². The number of aliphatic hydroxyl groups excluding tert-OH is 1. The number of carbonyl (C=O) groups excluding carboxylic acids is 3. The Morgan fingerprint density at radius 1 is 1.07 bits per heavy atom. The molecule has 1 aromatic rings. The van der Waals surface area contributed by atoms with Crippen molar-refractivity contribution < 1.29 is 24.2 Å². The molecule has 0 saturated heterocycles. The Bertz CT molecular complexity index is 803. The van der Waals surface area contributed by atoms with Gasteiger partial charge in [-0.1, -0.05) is 77.6 Å². The van der Waals surface area contributed by atoms with Crippen LogP contribution in [0.2, 0.25) is 0 Å². The first kappa shape index (κ1) is 22.9. The van der Waals surface area contributed by atoms with Gasteiger partial charge in [-0.3, -0.25) is 14.4 Å². The van der Waals surface area contributed by atoms with Crippen molar-refractivity contribution in [3.05, 3.63) is 41.0 Å². The van der Waals surface area contributed by atoms with Crippen molar-refractivity contribution in [2.45, 2.75) is 66.2 Å². The van der Waals surface area contributed by atoms with Gasteiger partial charge in [-0.05, 0) is 12.8 Å². The lowest BCUT2D eigenvalue weighted by atomic mass is 9.79. The zero-order valence-corrected chi connectivity index (χ0v) is 17.9. The highest BCUT2D eigenvalue weighted by Gasteiger charge is 2.36. The van der Waals surface area contributed by atoms with E-state index in [0.717, 1.165) is 25.7 Å². The molecule has 158 valence electrons. The van der Waals surface area contributed by atoms with Crippen LogP contribution in [-0.4, -0.2) is 29.2 Å². The number of Topliss-reactive ketones (excluding diaryl/α,β-unsaturated/α-hetero) is 2. The van der Waals surface area contributed by atoms with Crippen LogP contribution in [-0.2, 0) is 14.3 Å². The highest BCUT2D eigenvalue weighted by atomic mass is 16.5. The van der Waals surface area contributed by atoms with Crippen LogP contribution >= 0.6 is 0 Å². The van der Waals surface area contributed by atoms with E-state index in [1.807, 2.05) is 20.8 Å². The molecule has 5 heteroatoms. The van der Waals surface area contributed by atoms with Crippen LogP contribution in [0.1, 0.15) is 82.1 Å². The van der Waals surface area contributed by atoms with E-state index in [0.29, 0.717) is 5.56 Å². The maximum absolute atomic E-state index is 12.5. The first-order valence-electron chi connectivity index (χ1n) is 10.4. The van der Waals surface area contributed by atoms with Gasteiger partial charge < -0.3 is 9.84 Å². The van der Waals surface area contributed by atoms with Gasteiger partial charge in [0, 0.05) is 22.1 Å². The predicted molar refractivity (Wildman–Crippen MR) is 113 cm³/mol. The second kappa shape index (κ2) is 9.86. The number of ketones is 2. The third-order valence-corrected chi connectivity index (χ3v) is 5.35. The minimum atomic E-state index is -0.690. The Morgan fingerprint density at radius 2 is 1.72 bits per heavy atom. The molecule has 0 spiro atoms. The topological polar surface area (TPSA) is 80.7 Å². The van der Waals surface area contributed by atoms with Gasteiger partial charge in [0.05, 0.1) is 12.5 Å². The van der Waals surface area contributed by atoms with Crippen LogP contribution < -0.4 is 0 Å². The van der Waals surface area contributed by atoms with Crippen molar-refractivity contribution in [2.75, 3.05) is 6.61 Å². The normalized spacial score (nSPS) is 15.3. The smallest absolute Gasteiger partial charge is 0.308 e. The summed E-state index contributed by atoms with van der Waals surface area (Å²) in [5.41, 5.74) is 0.0891. The van der Waals surface area contributed by atoms with Crippen LogP contribution in [0, 0.1) is 11.3 Å². The van der Waals surface area contributed by atoms with E-state index in [-0.39, 0.29) is 41.8 Å². The number of carbonyl (C=O) groups is 3. The molecule has 1 atom stereocenters. The quantitative estimate of drug-likeness (QED) is 0.328. The van der Waals surface area contributed by atoms with E-state index in [1.54, 1.807) is 18.2 Å². The molecular weight excluding hydrogens is 368 g/mol. The summed E-state index contributed by atoms with van der Waals surface area (Å²) < 4.78 is 5.49. The zero-order valence-electron chi connectivity index (χ0n) is 17.9.